The number of likely N-dealkylation sites (N-methyl/N-ethyl adjacent to an activating group) is 1. The van der Waals surface area contributed by atoms with Gasteiger partial charge in [0.15, 0.2) is 5.78 Å². The second kappa shape index (κ2) is 9.68. The third-order valence-electron chi connectivity index (χ3n) is 4.22. The van der Waals surface area contributed by atoms with Gasteiger partial charge in [-0.3, -0.25) is 19.3 Å². The molecule has 0 aliphatic rings. The maximum absolute atomic E-state index is 12.4. The van der Waals surface area contributed by atoms with E-state index in [1.54, 1.807) is 61.3 Å². The van der Waals surface area contributed by atoms with Gasteiger partial charge in [0.25, 0.3) is 0 Å². The summed E-state index contributed by atoms with van der Waals surface area (Å²) in [4.78, 5) is 37.6. The fraction of sp³-hybridized carbons (Fsp3) is 0.250. The van der Waals surface area contributed by atoms with Crippen molar-refractivity contribution < 1.29 is 14.4 Å². The summed E-state index contributed by atoms with van der Waals surface area (Å²) in [5.74, 6) is -0.666. The van der Waals surface area contributed by atoms with Crippen molar-refractivity contribution in [2.24, 2.45) is 0 Å². The summed E-state index contributed by atoms with van der Waals surface area (Å²) in [5, 5.41) is 6.10. The molecule has 1 atom stereocenters. The molecule has 0 aliphatic heterocycles. The van der Waals surface area contributed by atoms with Gasteiger partial charge in [0.1, 0.15) is 0 Å². The van der Waals surface area contributed by atoms with Crippen molar-refractivity contribution in [2.75, 3.05) is 24.2 Å². The number of hydrogen-bond donors (Lipinski definition) is 2. The predicted molar refractivity (Wildman–Crippen MR) is 112 cm³/mol. The molecule has 1 unspecified atom stereocenters. The monoisotopic (exact) mass is 421 g/mol. The molecule has 28 heavy (non-hydrogen) atoms. The summed E-state index contributed by atoms with van der Waals surface area (Å²) in [7, 11) is 1.66. The van der Waals surface area contributed by atoms with Gasteiger partial charge in [0, 0.05) is 11.3 Å². The van der Waals surface area contributed by atoms with Crippen LogP contribution in [0, 0.1) is 0 Å². The Kier molecular flexibility index (Phi) is 7.57. The first-order chi connectivity index (χ1) is 13.2. The molecule has 0 aliphatic carbocycles. The van der Waals surface area contributed by atoms with Crippen LogP contribution in [0.1, 0.15) is 24.2 Å². The molecular weight excluding hydrogens is 401 g/mol. The molecule has 0 heterocycles. The van der Waals surface area contributed by atoms with E-state index in [9.17, 15) is 14.4 Å². The fourth-order valence-electron chi connectivity index (χ4n) is 2.39. The summed E-state index contributed by atoms with van der Waals surface area (Å²) < 4.78 is 0. The highest BCUT2D eigenvalue weighted by Crippen LogP contribution is 2.29. The van der Waals surface area contributed by atoms with Crippen LogP contribution in [-0.2, 0) is 9.59 Å². The number of ketones is 1. The maximum atomic E-state index is 12.4. The molecule has 0 radical (unpaired) electrons. The van der Waals surface area contributed by atoms with Gasteiger partial charge in [-0.1, -0.05) is 29.3 Å². The molecule has 0 saturated carbocycles. The maximum Gasteiger partial charge on any atom is 0.241 e. The number of amides is 2. The number of carbonyl (C=O) groups excluding carboxylic acids is 3. The topological polar surface area (TPSA) is 78.5 Å². The number of anilines is 2. The summed E-state index contributed by atoms with van der Waals surface area (Å²) >= 11 is 12.1. The van der Waals surface area contributed by atoms with Gasteiger partial charge in [0.05, 0.1) is 28.3 Å². The number of rotatable bonds is 7. The van der Waals surface area contributed by atoms with E-state index in [1.807, 2.05) is 0 Å². The van der Waals surface area contributed by atoms with Gasteiger partial charge in [0.2, 0.25) is 11.8 Å². The Morgan fingerprint density at radius 2 is 1.57 bits per heavy atom. The minimum Gasteiger partial charge on any atom is -0.325 e. The van der Waals surface area contributed by atoms with Crippen molar-refractivity contribution in [1.29, 1.82) is 0 Å². The Balaban J connectivity index is 1.93. The molecule has 2 aromatic carbocycles. The lowest BCUT2D eigenvalue weighted by Crippen LogP contribution is -2.43. The number of carbonyl (C=O) groups is 3. The minimum atomic E-state index is -0.569. The van der Waals surface area contributed by atoms with Crippen molar-refractivity contribution in [3.8, 4) is 0 Å². The smallest absolute Gasteiger partial charge is 0.241 e. The molecule has 2 N–H and O–H groups in total. The van der Waals surface area contributed by atoms with E-state index in [2.05, 4.69) is 10.6 Å². The zero-order valence-electron chi connectivity index (χ0n) is 15.8. The third-order valence-corrected chi connectivity index (χ3v) is 4.85. The average Bonchev–Trinajstić information content (AvgIpc) is 2.64. The summed E-state index contributed by atoms with van der Waals surface area (Å²) in [6, 6.07) is 11.0. The van der Waals surface area contributed by atoms with E-state index in [0.717, 1.165) is 0 Å². The first-order valence-electron chi connectivity index (χ1n) is 8.55. The Labute approximate surface area is 173 Å². The van der Waals surface area contributed by atoms with Crippen LogP contribution in [0.2, 0.25) is 10.0 Å². The number of Topliss-reactive ketones (excluding diaryl/α,β-unsaturated/α-hetero) is 1. The molecular formula is C20H21Cl2N3O3. The quantitative estimate of drug-likeness (QED) is 0.659. The summed E-state index contributed by atoms with van der Waals surface area (Å²) in [5.41, 5.74) is 1.48. The Morgan fingerprint density at radius 3 is 2.11 bits per heavy atom. The highest BCUT2D eigenvalue weighted by molar-refractivity contribution is 6.39. The van der Waals surface area contributed by atoms with Gasteiger partial charge in [-0.2, -0.15) is 0 Å². The van der Waals surface area contributed by atoms with Crippen LogP contribution in [0.5, 0.6) is 0 Å². The molecule has 0 saturated heterocycles. The average molecular weight is 422 g/mol. The standard InChI is InChI=1S/C20H21Cl2N3O3/c1-12(20(28)23-15-9-7-14(8-10-15)13(2)26)25(3)11-18(27)24-19-16(21)5-4-6-17(19)22/h4-10,12H,11H2,1-3H3,(H,23,28)(H,24,27). The number of benzene rings is 2. The number of para-hydroxylation sites is 1. The van der Waals surface area contributed by atoms with Crippen molar-refractivity contribution in [2.45, 2.75) is 19.9 Å². The molecule has 148 valence electrons. The summed E-state index contributed by atoms with van der Waals surface area (Å²) in [6.07, 6.45) is 0. The van der Waals surface area contributed by atoms with E-state index in [-0.39, 0.29) is 24.1 Å². The van der Waals surface area contributed by atoms with Gasteiger partial charge < -0.3 is 10.6 Å². The SMILES string of the molecule is CC(=O)c1ccc(NC(=O)C(C)N(C)CC(=O)Nc2c(Cl)cccc2Cl)cc1. The van der Waals surface area contributed by atoms with E-state index >= 15 is 0 Å². The second-order valence-corrected chi connectivity index (χ2v) is 7.17. The third kappa shape index (κ3) is 5.79. The van der Waals surface area contributed by atoms with Gasteiger partial charge in [-0.15, -0.1) is 0 Å². The van der Waals surface area contributed by atoms with Crippen molar-refractivity contribution in [3.63, 3.8) is 0 Å². The zero-order chi connectivity index (χ0) is 20.8. The molecule has 8 heteroatoms. The van der Waals surface area contributed by atoms with Gasteiger partial charge in [-0.05, 0) is 57.3 Å². The highest BCUT2D eigenvalue weighted by atomic mass is 35.5. The number of halogens is 2. The van der Waals surface area contributed by atoms with E-state index in [4.69, 9.17) is 23.2 Å². The Morgan fingerprint density at radius 1 is 1.00 bits per heavy atom. The second-order valence-electron chi connectivity index (χ2n) is 6.36. The molecule has 2 rings (SSSR count). The van der Waals surface area contributed by atoms with E-state index < -0.39 is 6.04 Å². The van der Waals surface area contributed by atoms with E-state index in [1.165, 1.54) is 6.92 Å². The van der Waals surface area contributed by atoms with Crippen LogP contribution in [0.25, 0.3) is 0 Å². The van der Waals surface area contributed by atoms with Crippen LogP contribution >= 0.6 is 23.2 Å². The van der Waals surface area contributed by atoms with Gasteiger partial charge >= 0.3 is 0 Å². The highest BCUT2D eigenvalue weighted by Gasteiger charge is 2.21. The van der Waals surface area contributed by atoms with Crippen molar-refractivity contribution >= 4 is 52.2 Å². The molecule has 0 aromatic heterocycles. The van der Waals surface area contributed by atoms with Crippen LogP contribution in [0.4, 0.5) is 11.4 Å². The number of nitrogens with one attached hydrogen (secondary N) is 2. The molecule has 0 bridgehead atoms. The molecule has 0 spiro atoms. The molecule has 0 fully saturated rings. The largest absolute Gasteiger partial charge is 0.325 e. The lowest BCUT2D eigenvalue weighted by molar-refractivity contribution is -0.122. The van der Waals surface area contributed by atoms with E-state index in [0.29, 0.717) is 27.0 Å². The lowest BCUT2D eigenvalue weighted by atomic mass is 10.1. The zero-order valence-corrected chi connectivity index (χ0v) is 17.3. The molecule has 2 aromatic rings. The first kappa shape index (κ1) is 21.9. The van der Waals surface area contributed by atoms with Crippen LogP contribution in [-0.4, -0.2) is 42.1 Å². The lowest BCUT2D eigenvalue weighted by Gasteiger charge is -2.23. The van der Waals surface area contributed by atoms with Crippen LogP contribution in [0.3, 0.4) is 0 Å². The normalized spacial score (nSPS) is 11.8. The predicted octanol–water partition coefficient (Wildman–Crippen LogP) is 4.09. The molecule has 6 nitrogen and oxygen atoms in total. The Bertz CT molecular complexity index is 865. The number of nitrogens with zero attached hydrogens (tertiary/aromatic N) is 1. The fourth-order valence-corrected chi connectivity index (χ4v) is 2.89. The van der Waals surface area contributed by atoms with Crippen molar-refractivity contribution in [3.05, 3.63) is 58.1 Å². The summed E-state index contributed by atoms with van der Waals surface area (Å²) in [6.45, 7) is 3.14. The minimum absolute atomic E-state index is 0.0284. The Hall–Kier alpha value is -2.41. The molecule has 2 amide bonds. The van der Waals surface area contributed by atoms with Crippen LogP contribution < -0.4 is 10.6 Å². The van der Waals surface area contributed by atoms with Crippen molar-refractivity contribution in [1.82, 2.24) is 4.90 Å². The first-order valence-corrected chi connectivity index (χ1v) is 9.30. The van der Waals surface area contributed by atoms with Gasteiger partial charge in [-0.25, -0.2) is 0 Å². The number of hydrogen-bond acceptors (Lipinski definition) is 4. The van der Waals surface area contributed by atoms with Crippen LogP contribution in [0.15, 0.2) is 42.5 Å².